The summed E-state index contributed by atoms with van der Waals surface area (Å²) < 4.78 is 5.65. The largest absolute Gasteiger partial charge is 0.492 e. The zero-order valence-corrected chi connectivity index (χ0v) is 13.3. The average Bonchev–Trinajstić information content (AvgIpc) is 2.83. The Balaban J connectivity index is 1.79. The molecule has 0 fully saturated rings. The quantitative estimate of drug-likeness (QED) is 0.838. The van der Waals surface area contributed by atoms with Crippen molar-refractivity contribution in [1.82, 2.24) is 4.90 Å². The molecule has 0 aliphatic heterocycles. The van der Waals surface area contributed by atoms with Gasteiger partial charge in [-0.05, 0) is 44.4 Å². The van der Waals surface area contributed by atoms with Gasteiger partial charge in [0.2, 0.25) is 0 Å². The minimum Gasteiger partial charge on any atom is -0.492 e. The molecule has 0 aliphatic carbocycles. The van der Waals surface area contributed by atoms with E-state index in [1.165, 1.54) is 4.88 Å². The number of hydrogen-bond donors (Lipinski definition) is 1. The third-order valence-electron chi connectivity index (χ3n) is 2.75. The molecule has 0 bridgehead atoms. The van der Waals surface area contributed by atoms with Crippen LogP contribution in [0.2, 0.25) is 5.02 Å². The van der Waals surface area contributed by atoms with Crippen molar-refractivity contribution in [2.75, 3.05) is 32.6 Å². The Morgan fingerprint density at radius 1 is 1.25 bits per heavy atom. The van der Waals surface area contributed by atoms with Crippen molar-refractivity contribution in [3.05, 3.63) is 45.6 Å². The van der Waals surface area contributed by atoms with Gasteiger partial charge in [0.05, 0.1) is 5.02 Å². The minimum absolute atomic E-state index is 0.702. The number of ether oxygens (including phenoxy) is 1. The van der Waals surface area contributed by atoms with E-state index in [1.54, 1.807) is 11.3 Å². The molecular weight excluding hydrogens is 292 g/mol. The third-order valence-corrected chi connectivity index (χ3v) is 4.03. The van der Waals surface area contributed by atoms with Crippen molar-refractivity contribution in [2.45, 2.75) is 6.54 Å². The highest BCUT2D eigenvalue weighted by molar-refractivity contribution is 7.10. The predicted octanol–water partition coefficient (Wildman–Crippen LogP) is 3.95. The molecular formula is C15H19ClN2OS. The van der Waals surface area contributed by atoms with Crippen molar-refractivity contribution < 1.29 is 4.74 Å². The average molecular weight is 311 g/mol. The van der Waals surface area contributed by atoms with E-state index in [1.807, 2.05) is 49.8 Å². The van der Waals surface area contributed by atoms with Crippen LogP contribution in [0, 0.1) is 0 Å². The molecule has 0 atom stereocenters. The summed E-state index contributed by atoms with van der Waals surface area (Å²) in [5, 5.41) is 6.11. The van der Waals surface area contributed by atoms with Crippen LogP contribution in [0.25, 0.3) is 0 Å². The summed E-state index contributed by atoms with van der Waals surface area (Å²) in [5.74, 6) is 0.900. The second kappa shape index (κ2) is 7.53. The number of nitrogens with one attached hydrogen (secondary N) is 1. The molecule has 2 aromatic rings. The normalized spacial score (nSPS) is 10.8. The van der Waals surface area contributed by atoms with Crippen molar-refractivity contribution >= 4 is 28.6 Å². The lowest BCUT2D eigenvalue weighted by atomic mass is 10.3. The smallest absolute Gasteiger partial charge is 0.119 e. The van der Waals surface area contributed by atoms with E-state index >= 15 is 0 Å². The van der Waals surface area contributed by atoms with Crippen LogP contribution in [-0.2, 0) is 6.54 Å². The second-order valence-electron chi connectivity index (χ2n) is 4.76. The molecule has 1 N–H and O–H groups in total. The van der Waals surface area contributed by atoms with Crippen LogP contribution in [0.15, 0.2) is 35.7 Å². The number of benzene rings is 1. The maximum Gasteiger partial charge on any atom is 0.119 e. The lowest BCUT2D eigenvalue weighted by Crippen LogP contribution is -2.19. The fourth-order valence-corrected chi connectivity index (χ4v) is 2.66. The predicted molar refractivity (Wildman–Crippen MR) is 87.1 cm³/mol. The molecule has 20 heavy (non-hydrogen) atoms. The van der Waals surface area contributed by atoms with Gasteiger partial charge in [0.1, 0.15) is 12.4 Å². The number of halogens is 1. The van der Waals surface area contributed by atoms with Gasteiger partial charge in [-0.15, -0.1) is 11.3 Å². The molecule has 0 amide bonds. The van der Waals surface area contributed by atoms with Crippen LogP contribution in [0.4, 0.5) is 5.69 Å². The number of likely N-dealkylation sites (N-methyl/N-ethyl adjacent to an activating group) is 1. The van der Waals surface area contributed by atoms with Gasteiger partial charge in [-0.3, -0.25) is 0 Å². The molecule has 0 aliphatic rings. The van der Waals surface area contributed by atoms with Gasteiger partial charge in [0, 0.05) is 29.0 Å². The van der Waals surface area contributed by atoms with E-state index in [-0.39, 0.29) is 0 Å². The molecule has 5 heteroatoms. The Kier molecular flexibility index (Phi) is 5.71. The molecule has 1 heterocycles. The Bertz CT molecular complexity index is 525. The van der Waals surface area contributed by atoms with Crippen LogP contribution < -0.4 is 10.1 Å². The van der Waals surface area contributed by atoms with Gasteiger partial charge in [0.15, 0.2) is 0 Å². The van der Waals surface area contributed by atoms with Gasteiger partial charge in [-0.1, -0.05) is 11.6 Å². The highest BCUT2D eigenvalue weighted by Gasteiger charge is 1.99. The van der Waals surface area contributed by atoms with E-state index in [0.29, 0.717) is 6.61 Å². The lowest BCUT2D eigenvalue weighted by molar-refractivity contribution is 0.261. The summed E-state index contributed by atoms with van der Waals surface area (Å²) in [7, 11) is 4.07. The first kappa shape index (κ1) is 15.2. The molecule has 1 aromatic heterocycles. The highest BCUT2D eigenvalue weighted by atomic mass is 35.5. The summed E-state index contributed by atoms with van der Waals surface area (Å²) in [4.78, 5) is 3.32. The van der Waals surface area contributed by atoms with Crippen LogP contribution in [-0.4, -0.2) is 32.1 Å². The SMILES string of the molecule is CN(C)CCOc1ccc(NCc2cc(Cl)cs2)cc1. The van der Waals surface area contributed by atoms with Crippen molar-refractivity contribution in [3.8, 4) is 5.75 Å². The highest BCUT2D eigenvalue weighted by Crippen LogP contribution is 2.21. The molecule has 1 aromatic carbocycles. The van der Waals surface area contributed by atoms with Crippen molar-refractivity contribution in [1.29, 1.82) is 0 Å². The monoisotopic (exact) mass is 310 g/mol. The van der Waals surface area contributed by atoms with Gasteiger partial charge in [-0.25, -0.2) is 0 Å². The fourth-order valence-electron chi connectivity index (χ4n) is 1.65. The maximum atomic E-state index is 5.90. The summed E-state index contributed by atoms with van der Waals surface area (Å²) in [5.41, 5.74) is 1.08. The number of nitrogens with zero attached hydrogens (tertiary/aromatic N) is 1. The van der Waals surface area contributed by atoms with Gasteiger partial charge >= 0.3 is 0 Å². The molecule has 0 radical (unpaired) electrons. The molecule has 0 saturated carbocycles. The first-order valence-corrected chi connectivity index (χ1v) is 7.73. The summed E-state index contributed by atoms with van der Waals surface area (Å²) in [6, 6.07) is 10.0. The van der Waals surface area contributed by atoms with Gasteiger partial charge in [0.25, 0.3) is 0 Å². The van der Waals surface area contributed by atoms with Crippen LogP contribution in [0.1, 0.15) is 4.88 Å². The van der Waals surface area contributed by atoms with Gasteiger partial charge in [-0.2, -0.15) is 0 Å². The zero-order chi connectivity index (χ0) is 14.4. The molecule has 3 nitrogen and oxygen atoms in total. The van der Waals surface area contributed by atoms with E-state index < -0.39 is 0 Å². The molecule has 108 valence electrons. The lowest BCUT2D eigenvalue weighted by Gasteiger charge is -2.11. The maximum absolute atomic E-state index is 5.90. The van der Waals surface area contributed by atoms with Crippen molar-refractivity contribution in [3.63, 3.8) is 0 Å². The molecule has 2 rings (SSSR count). The fraction of sp³-hybridized carbons (Fsp3) is 0.333. The van der Waals surface area contributed by atoms with Crippen LogP contribution in [0.3, 0.4) is 0 Å². The van der Waals surface area contributed by atoms with E-state index in [0.717, 1.165) is 29.5 Å². The number of hydrogen-bond acceptors (Lipinski definition) is 4. The van der Waals surface area contributed by atoms with Crippen LogP contribution >= 0.6 is 22.9 Å². The topological polar surface area (TPSA) is 24.5 Å². The van der Waals surface area contributed by atoms with Crippen molar-refractivity contribution in [2.24, 2.45) is 0 Å². The summed E-state index contributed by atoms with van der Waals surface area (Å²) >= 11 is 7.56. The number of thiophene rings is 1. The Morgan fingerprint density at radius 2 is 2.00 bits per heavy atom. The van der Waals surface area contributed by atoms with E-state index in [9.17, 15) is 0 Å². The first-order chi connectivity index (χ1) is 9.63. The first-order valence-electron chi connectivity index (χ1n) is 6.48. The Hall–Kier alpha value is -1.23. The second-order valence-corrected chi connectivity index (χ2v) is 6.19. The van der Waals surface area contributed by atoms with Crippen LogP contribution in [0.5, 0.6) is 5.75 Å². The number of anilines is 1. The molecule has 0 spiro atoms. The Labute approximate surface area is 129 Å². The third kappa shape index (κ3) is 5.04. The number of rotatable bonds is 7. The van der Waals surface area contributed by atoms with E-state index in [4.69, 9.17) is 16.3 Å². The minimum atomic E-state index is 0.702. The Morgan fingerprint density at radius 3 is 2.60 bits per heavy atom. The summed E-state index contributed by atoms with van der Waals surface area (Å²) in [6.07, 6.45) is 0. The zero-order valence-electron chi connectivity index (χ0n) is 11.7. The standard InChI is InChI=1S/C15H19ClN2OS/c1-18(2)7-8-19-14-5-3-13(4-6-14)17-10-15-9-12(16)11-20-15/h3-6,9,11,17H,7-8,10H2,1-2H3. The molecule has 0 saturated heterocycles. The van der Waals surface area contributed by atoms with E-state index in [2.05, 4.69) is 10.2 Å². The molecule has 0 unspecified atom stereocenters. The summed E-state index contributed by atoms with van der Waals surface area (Å²) in [6.45, 7) is 2.41. The van der Waals surface area contributed by atoms with Gasteiger partial charge < -0.3 is 15.0 Å².